The van der Waals surface area contributed by atoms with E-state index in [0.717, 1.165) is 27.9 Å². The third kappa shape index (κ3) is 5.68. The molecule has 1 fully saturated rings. The van der Waals surface area contributed by atoms with Gasteiger partial charge in [0.05, 0.1) is 7.11 Å². The molecule has 0 bridgehead atoms. The highest BCUT2D eigenvalue weighted by atomic mass is 16.7. The van der Waals surface area contributed by atoms with Crippen LogP contribution in [0.25, 0.3) is 0 Å². The SMILES string of the molecule is CCO[C@H]1O[C@@H](C(=O)OC)[C@H](OC(C)=O)[C@@H](OC(C)=O)[C@@H]1OC(C)=O. The Balaban J connectivity index is 3.31. The molecule has 25 heavy (non-hydrogen) atoms. The van der Waals surface area contributed by atoms with Gasteiger partial charge < -0.3 is 28.4 Å². The second-order valence-corrected chi connectivity index (χ2v) is 5.13. The Hall–Kier alpha value is -2.20. The average Bonchev–Trinajstić information content (AvgIpc) is 2.50. The summed E-state index contributed by atoms with van der Waals surface area (Å²) in [6, 6.07) is 0. The van der Waals surface area contributed by atoms with Crippen molar-refractivity contribution in [2.24, 2.45) is 0 Å². The van der Waals surface area contributed by atoms with Crippen LogP contribution in [0.3, 0.4) is 0 Å². The number of hydrogen-bond donors (Lipinski definition) is 0. The fourth-order valence-electron chi connectivity index (χ4n) is 2.38. The van der Waals surface area contributed by atoms with Crippen LogP contribution in [-0.4, -0.2) is 68.3 Å². The molecule has 1 heterocycles. The summed E-state index contributed by atoms with van der Waals surface area (Å²) in [7, 11) is 1.12. The highest BCUT2D eigenvalue weighted by Gasteiger charge is 2.55. The minimum absolute atomic E-state index is 0.154. The van der Waals surface area contributed by atoms with Crippen molar-refractivity contribution < 1.29 is 47.6 Å². The van der Waals surface area contributed by atoms with Gasteiger partial charge in [-0.05, 0) is 6.92 Å². The summed E-state index contributed by atoms with van der Waals surface area (Å²) in [4.78, 5) is 46.4. The van der Waals surface area contributed by atoms with Crippen LogP contribution in [-0.2, 0) is 47.6 Å². The Morgan fingerprint density at radius 3 is 1.76 bits per heavy atom. The average molecular weight is 362 g/mol. The van der Waals surface area contributed by atoms with Crippen LogP contribution in [0.2, 0.25) is 0 Å². The fourth-order valence-corrected chi connectivity index (χ4v) is 2.38. The molecule has 0 saturated carbocycles. The maximum Gasteiger partial charge on any atom is 0.339 e. The zero-order chi connectivity index (χ0) is 19.1. The van der Waals surface area contributed by atoms with Crippen LogP contribution in [0.5, 0.6) is 0 Å². The Kier molecular flexibility index (Phi) is 7.78. The third-order valence-electron chi connectivity index (χ3n) is 3.17. The molecule has 10 nitrogen and oxygen atoms in total. The Labute approximate surface area is 144 Å². The molecule has 0 spiro atoms. The number of esters is 4. The van der Waals surface area contributed by atoms with E-state index in [2.05, 4.69) is 4.74 Å². The van der Waals surface area contributed by atoms with Crippen molar-refractivity contribution in [1.29, 1.82) is 0 Å². The predicted octanol–water partition coefficient (Wildman–Crippen LogP) is -0.284. The van der Waals surface area contributed by atoms with E-state index >= 15 is 0 Å². The van der Waals surface area contributed by atoms with Crippen molar-refractivity contribution in [1.82, 2.24) is 0 Å². The maximum absolute atomic E-state index is 12.0. The molecule has 1 saturated heterocycles. The molecular weight excluding hydrogens is 340 g/mol. The summed E-state index contributed by atoms with van der Waals surface area (Å²) < 4.78 is 30.8. The summed E-state index contributed by atoms with van der Waals surface area (Å²) in [5.41, 5.74) is 0. The summed E-state index contributed by atoms with van der Waals surface area (Å²) in [6.07, 6.45) is -6.60. The van der Waals surface area contributed by atoms with Crippen LogP contribution in [0.1, 0.15) is 27.7 Å². The number of hydrogen-bond acceptors (Lipinski definition) is 10. The molecule has 1 aliphatic rings. The van der Waals surface area contributed by atoms with Gasteiger partial charge in [-0.1, -0.05) is 0 Å². The van der Waals surface area contributed by atoms with E-state index in [-0.39, 0.29) is 6.61 Å². The number of rotatable bonds is 6. The third-order valence-corrected chi connectivity index (χ3v) is 3.17. The summed E-state index contributed by atoms with van der Waals surface area (Å²) in [6.45, 7) is 5.17. The highest BCUT2D eigenvalue weighted by molar-refractivity contribution is 5.77. The summed E-state index contributed by atoms with van der Waals surface area (Å²) in [5.74, 6) is -3.06. The van der Waals surface area contributed by atoms with Gasteiger partial charge in [0, 0.05) is 27.4 Å². The van der Waals surface area contributed by atoms with Gasteiger partial charge in [-0.15, -0.1) is 0 Å². The Bertz CT molecular complexity index is 516. The number of carbonyl (C=O) groups excluding carboxylic acids is 4. The van der Waals surface area contributed by atoms with Crippen molar-refractivity contribution in [3.8, 4) is 0 Å². The molecule has 10 heteroatoms. The van der Waals surface area contributed by atoms with Gasteiger partial charge in [-0.2, -0.15) is 0 Å². The molecule has 0 amide bonds. The second kappa shape index (κ2) is 9.33. The molecule has 0 radical (unpaired) electrons. The highest BCUT2D eigenvalue weighted by Crippen LogP contribution is 2.30. The second-order valence-electron chi connectivity index (χ2n) is 5.13. The van der Waals surface area contributed by atoms with E-state index in [9.17, 15) is 19.2 Å². The quantitative estimate of drug-likeness (QED) is 0.460. The molecule has 0 aromatic carbocycles. The van der Waals surface area contributed by atoms with Crippen molar-refractivity contribution in [2.75, 3.05) is 13.7 Å². The van der Waals surface area contributed by atoms with Gasteiger partial charge in [0.2, 0.25) is 0 Å². The molecule has 5 atom stereocenters. The van der Waals surface area contributed by atoms with E-state index in [0.29, 0.717) is 0 Å². The number of methoxy groups -OCH3 is 1. The normalized spacial score (nSPS) is 28.6. The monoisotopic (exact) mass is 362 g/mol. The van der Waals surface area contributed by atoms with Crippen LogP contribution in [0.15, 0.2) is 0 Å². The Morgan fingerprint density at radius 1 is 0.840 bits per heavy atom. The summed E-state index contributed by atoms with van der Waals surface area (Å²) >= 11 is 0. The van der Waals surface area contributed by atoms with Crippen LogP contribution in [0, 0.1) is 0 Å². The van der Waals surface area contributed by atoms with Crippen LogP contribution >= 0.6 is 0 Å². The Morgan fingerprint density at radius 2 is 1.32 bits per heavy atom. The lowest BCUT2D eigenvalue weighted by molar-refractivity contribution is -0.300. The zero-order valence-corrected chi connectivity index (χ0v) is 14.7. The van der Waals surface area contributed by atoms with Gasteiger partial charge >= 0.3 is 23.9 Å². The van der Waals surface area contributed by atoms with Crippen LogP contribution < -0.4 is 0 Å². The molecule has 0 aliphatic carbocycles. The molecule has 1 rings (SSSR count). The number of carbonyl (C=O) groups is 4. The standard InChI is InChI=1S/C15H22O10/c1-6-21-15-13(24-9(4)18)11(23-8(3)17)10(22-7(2)16)12(25-15)14(19)20-5/h10-13,15H,6H2,1-5H3/t10-,11-,12-,13+,15+/m1/s1. The van der Waals surface area contributed by atoms with E-state index in [1.165, 1.54) is 0 Å². The fraction of sp³-hybridized carbons (Fsp3) is 0.733. The van der Waals surface area contributed by atoms with E-state index in [1.807, 2.05) is 0 Å². The topological polar surface area (TPSA) is 124 Å². The van der Waals surface area contributed by atoms with E-state index in [4.69, 9.17) is 23.7 Å². The van der Waals surface area contributed by atoms with Crippen molar-refractivity contribution in [3.05, 3.63) is 0 Å². The lowest BCUT2D eigenvalue weighted by Gasteiger charge is -2.43. The van der Waals surface area contributed by atoms with Crippen molar-refractivity contribution in [2.45, 2.75) is 58.4 Å². The molecule has 0 aromatic heterocycles. The van der Waals surface area contributed by atoms with Gasteiger partial charge in [0.25, 0.3) is 0 Å². The molecule has 0 unspecified atom stereocenters. The van der Waals surface area contributed by atoms with Crippen molar-refractivity contribution >= 4 is 23.9 Å². The van der Waals surface area contributed by atoms with E-state index < -0.39 is 54.6 Å². The molecular formula is C15H22O10. The zero-order valence-electron chi connectivity index (χ0n) is 14.7. The van der Waals surface area contributed by atoms with E-state index in [1.54, 1.807) is 6.92 Å². The van der Waals surface area contributed by atoms with Crippen LogP contribution in [0.4, 0.5) is 0 Å². The minimum atomic E-state index is -1.43. The molecule has 142 valence electrons. The van der Waals surface area contributed by atoms with Gasteiger partial charge in [0.15, 0.2) is 30.7 Å². The maximum atomic E-state index is 12.0. The predicted molar refractivity (Wildman–Crippen MR) is 79.0 cm³/mol. The first kappa shape index (κ1) is 20.8. The first-order valence-corrected chi connectivity index (χ1v) is 7.57. The largest absolute Gasteiger partial charge is 0.467 e. The first-order valence-electron chi connectivity index (χ1n) is 7.57. The molecule has 1 aliphatic heterocycles. The van der Waals surface area contributed by atoms with Gasteiger partial charge in [0.1, 0.15) is 0 Å². The van der Waals surface area contributed by atoms with Crippen molar-refractivity contribution in [3.63, 3.8) is 0 Å². The minimum Gasteiger partial charge on any atom is -0.467 e. The lowest BCUT2D eigenvalue weighted by Crippen LogP contribution is -2.63. The number of ether oxygens (including phenoxy) is 6. The molecule has 0 N–H and O–H groups in total. The van der Waals surface area contributed by atoms with Gasteiger partial charge in [-0.3, -0.25) is 14.4 Å². The summed E-state index contributed by atoms with van der Waals surface area (Å²) in [5, 5.41) is 0. The first-order chi connectivity index (χ1) is 11.7. The lowest BCUT2D eigenvalue weighted by atomic mass is 9.97. The van der Waals surface area contributed by atoms with Gasteiger partial charge in [-0.25, -0.2) is 4.79 Å². The molecule has 0 aromatic rings. The smallest absolute Gasteiger partial charge is 0.339 e.